The summed E-state index contributed by atoms with van der Waals surface area (Å²) in [6.45, 7) is 1.87. The summed E-state index contributed by atoms with van der Waals surface area (Å²) in [6, 6.07) is 1.33. The number of nitrogens with one attached hydrogen (secondary N) is 1. The van der Waals surface area contributed by atoms with Crippen molar-refractivity contribution in [2.24, 2.45) is 0 Å². The Kier molecular flexibility index (Phi) is 2.30. The van der Waals surface area contributed by atoms with Gasteiger partial charge in [0, 0.05) is 25.2 Å². The number of carbonyl (C=O) groups is 1. The molecule has 0 aromatic heterocycles. The first kappa shape index (κ1) is 8.05. The zero-order valence-electron chi connectivity index (χ0n) is 7.33. The topological polar surface area (TPSA) is 32.3 Å². The van der Waals surface area contributed by atoms with Crippen LogP contribution in [0.3, 0.4) is 0 Å². The fourth-order valence-corrected chi connectivity index (χ4v) is 1.82. The van der Waals surface area contributed by atoms with Crippen molar-refractivity contribution in [1.82, 2.24) is 10.2 Å². The van der Waals surface area contributed by atoms with Crippen LogP contribution in [0, 0.1) is 0 Å². The molecule has 1 saturated carbocycles. The van der Waals surface area contributed by atoms with Crippen LogP contribution in [-0.4, -0.2) is 36.5 Å². The highest BCUT2D eigenvalue weighted by Crippen LogP contribution is 2.21. The van der Waals surface area contributed by atoms with E-state index in [9.17, 15) is 4.79 Å². The number of carbonyl (C=O) groups excluding carboxylic acids is 1. The van der Waals surface area contributed by atoms with Gasteiger partial charge in [-0.05, 0) is 25.7 Å². The molecule has 0 bridgehead atoms. The molecule has 2 fully saturated rings. The van der Waals surface area contributed by atoms with E-state index >= 15 is 0 Å². The molecule has 3 heteroatoms. The summed E-state index contributed by atoms with van der Waals surface area (Å²) >= 11 is 0. The molecule has 1 atom stereocenters. The average Bonchev–Trinajstić information content (AvgIpc) is 2.89. The lowest BCUT2D eigenvalue weighted by Gasteiger charge is -2.30. The third-order valence-electron chi connectivity index (χ3n) is 2.65. The van der Waals surface area contributed by atoms with Crippen LogP contribution in [0.2, 0.25) is 0 Å². The van der Waals surface area contributed by atoms with Crippen molar-refractivity contribution in [3.05, 3.63) is 0 Å². The van der Waals surface area contributed by atoms with Gasteiger partial charge in [0.1, 0.15) is 0 Å². The normalized spacial score (nSPS) is 30.3. The Labute approximate surface area is 73.1 Å². The number of rotatable bonds is 3. The molecule has 1 N–H and O–H groups in total. The highest BCUT2D eigenvalue weighted by molar-refractivity contribution is 5.47. The second-order valence-corrected chi connectivity index (χ2v) is 3.88. The maximum absolute atomic E-state index is 10.5. The van der Waals surface area contributed by atoms with Gasteiger partial charge in [-0.2, -0.15) is 0 Å². The Balaban J connectivity index is 1.76. The summed E-state index contributed by atoms with van der Waals surface area (Å²) in [5, 5.41) is 3.56. The fraction of sp³-hybridized carbons (Fsp3) is 0.889. The van der Waals surface area contributed by atoms with Crippen molar-refractivity contribution >= 4 is 6.41 Å². The Morgan fingerprint density at radius 3 is 2.75 bits per heavy atom. The Hall–Kier alpha value is -0.570. The van der Waals surface area contributed by atoms with Gasteiger partial charge >= 0.3 is 0 Å². The predicted molar refractivity (Wildman–Crippen MR) is 46.8 cm³/mol. The molecule has 0 aromatic carbocycles. The molecule has 2 aliphatic rings. The fourth-order valence-electron chi connectivity index (χ4n) is 1.82. The van der Waals surface area contributed by atoms with Crippen LogP contribution in [0.5, 0.6) is 0 Å². The molecule has 0 radical (unpaired) electrons. The highest BCUT2D eigenvalue weighted by Gasteiger charge is 2.26. The lowest BCUT2D eigenvalue weighted by molar-refractivity contribution is -0.119. The van der Waals surface area contributed by atoms with Gasteiger partial charge in [-0.15, -0.1) is 0 Å². The standard InChI is InChI=1S/C9H16N2O/c12-7-11-5-1-2-9(6-11)10-8-3-4-8/h7-10H,1-6H2. The largest absolute Gasteiger partial charge is 0.344 e. The maximum atomic E-state index is 10.5. The third-order valence-corrected chi connectivity index (χ3v) is 2.65. The van der Waals surface area contributed by atoms with Crippen LogP contribution in [-0.2, 0) is 4.79 Å². The smallest absolute Gasteiger partial charge is 0.209 e. The van der Waals surface area contributed by atoms with Gasteiger partial charge in [0.15, 0.2) is 0 Å². The van der Waals surface area contributed by atoms with Crippen molar-refractivity contribution in [1.29, 1.82) is 0 Å². The number of piperidine rings is 1. The number of hydrogen-bond acceptors (Lipinski definition) is 2. The maximum Gasteiger partial charge on any atom is 0.209 e. The quantitative estimate of drug-likeness (QED) is 0.617. The second-order valence-electron chi connectivity index (χ2n) is 3.88. The van der Waals surface area contributed by atoms with E-state index in [2.05, 4.69) is 5.32 Å². The number of hydrogen-bond donors (Lipinski definition) is 1. The lowest BCUT2D eigenvalue weighted by Crippen LogP contribution is -2.45. The average molecular weight is 168 g/mol. The summed E-state index contributed by atoms with van der Waals surface area (Å²) in [5.41, 5.74) is 0. The summed E-state index contributed by atoms with van der Waals surface area (Å²) in [6.07, 6.45) is 6.03. The van der Waals surface area contributed by atoms with Crippen LogP contribution in [0.15, 0.2) is 0 Å². The molecule has 1 heterocycles. The summed E-state index contributed by atoms with van der Waals surface area (Å²) in [4.78, 5) is 12.4. The van der Waals surface area contributed by atoms with Gasteiger partial charge < -0.3 is 10.2 Å². The van der Waals surface area contributed by atoms with Gasteiger partial charge in [0.2, 0.25) is 6.41 Å². The van der Waals surface area contributed by atoms with E-state index in [-0.39, 0.29) is 0 Å². The van der Waals surface area contributed by atoms with E-state index in [1.54, 1.807) is 0 Å². The lowest BCUT2D eigenvalue weighted by atomic mass is 10.1. The highest BCUT2D eigenvalue weighted by atomic mass is 16.1. The van der Waals surface area contributed by atoms with Crippen molar-refractivity contribution in [3.8, 4) is 0 Å². The monoisotopic (exact) mass is 168 g/mol. The second kappa shape index (κ2) is 3.44. The van der Waals surface area contributed by atoms with Crippen LogP contribution < -0.4 is 5.32 Å². The minimum atomic E-state index is 0.566. The van der Waals surface area contributed by atoms with E-state index in [1.807, 2.05) is 4.90 Å². The van der Waals surface area contributed by atoms with Gasteiger partial charge in [-0.3, -0.25) is 4.79 Å². The first-order chi connectivity index (χ1) is 5.88. The molecule has 1 unspecified atom stereocenters. The summed E-state index contributed by atoms with van der Waals surface area (Å²) in [5.74, 6) is 0. The molecular weight excluding hydrogens is 152 g/mol. The molecule has 0 spiro atoms. The van der Waals surface area contributed by atoms with Crippen molar-refractivity contribution < 1.29 is 4.79 Å². The first-order valence-corrected chi connectivity index (χ1v) is 4.84. The van der Waals surface area contributed by atoms with Crippen LogP contribution >= 0.6 is 0 Å². The van der Waals surface area contributed by atoms with E-state index in [1.165, 1.54) is 19.3 Å². The van der Waals surface area contributed by atoms with Gasteiger partial charge in [0.05, 0.1) is 0 Å². The molecule has 68 valence electrons. The summed E-state index contributed by atoms with van der Waals surface area (Å²) < 4.78 is 0. The minimum Gasteiger partial charge on any atom is -0.344 e. The Morgan fingerprint density at radius 2 is 2.08 bits per heavy atom. The molecule has 1 aliphatic heterocycles. The number of likely N-dealkylation sites (tertiary alicyclic amines) is 1. The zero-order chi connectivity index (χ0) is 8.39. The SMILES string of the molecule is O=CN1CCCC(NC2CC2)C1. The van der Waals surface area contributed by atoms with Gasteiger partial charge in [-0.1, -0.05) is 0 Å². The van der Waals surface area contributed by atoms with Gasteiger partial charge in [0.25, 0.3) is 0 Å². The molecule has 0 aromatic rings. The van der Waals surface area contributed by atoms with Crippen LogP contribution in [0.4, 0.5) is 0 Å². The molecule has 12 heavy (non-hydrogen) atoms. The Bertz CT molecular complexity index is 168. The van der Waals surface area contributed by atoms with Gasteiger partial charge in [-0.25, -0.2) is 0 Å². The van der Waals surface area contributed by atoms with Crippen LogP contribution in [0.25, 0.3) is 0 Å². The summed E-state index contributed by atoms with van der Waals surface area (Å²) in [7, 11) is 0. The van der Waals surface area contributed by atoms with Crippen molar-refractivity contribution in [3.63, 3.8) is 0 Å². The molecule has 1 amide bonds. The van der Waals surface area contributed by atoms with E-state index < -0.39 is 0 Å². The van der Waals surface area contributed by atoms with Crippen molar-refractivity contribution in [2.75, 3.05) is 13.1 Å². The predicted octanol–water partition coefficient (Wildman–Crippen LogP) is 0.359. The zero-order valence-corrected chi connectivity index (χ0v) is 7.33. The van der Waals surface area contributed by atoms with E-state index in [0.717, 1.165) is 32.0 Å². The number of amides is 1. The van der Waals surface area contributed by atoms with Crippen LogP contribution in [0.1, 0.15) is 25.7 Å². The first-order valence-electron chi connectivity index (χ1n) is 4.84. The van der Waals surface area contributed by atoms with E-state index in [4.69, 9.17) is 0 Å². The Morgan fingerprint density at radius 1 is 1.25 bits per heavy atom. The number of nitrogens with zero attached hydrogens (tertiary/aromatic N) is 1. The molecular formula is C9H16N2O. The molecule has 1 aliphatic carbocycles. The molecule has 2 rings (SSSR count). The molecule has 3 nitrogen and oxygen atoms in total. The minimum absolute atomic E-state index is 0.566. The third kappa shape index (κ3) is 1.97. The van der Waals surface area contributed by atoms with Crippen molar-refractivity contribution in [2.45, 2.75) is 37.8 Å². The molecule has 1 saturated heterocycles. The van der Waals surface area contributed by atoms with E-state index in [0.29, 0.717) is 6.04 Å².